The second-order valence-electron chi connectivity index (χ2n) is 4.11. The first-order valence-electron chi connectivity index (χ1n) is 5.48. The molecule has 2 aliphatic heterocycles. The van der Waals surface area contributed by atoms with Crippen LogP contribution >= 0.6 is 0 Å². The fourth-order valence-corrected chi connectivity index (χ4v) is 4.40. The van der Waals surface area contributed by atoms with E-state index in [0.717, 1.165) is 0 Å². The van der Waals surface area contributed by atoms with Crippen molar-refractivity contribution in [1.82, 2.24) is 0 Å². The Morgan fingerprint density at radius 3 is 1.17 bits per heavy atom. The average molecular weight is 263 g/mol. The molecule has 18 heavy (non-hydrogen) atoms. The van der Waals surface area contributed by atoms with Gasteiger partial charge in [-0.1, -0.05) is 0 Å². The summed E-state index contributed by atoms with van der Waals surface area (Å²) in [5.74, 6) is 1.17. The Morgan fingerprint density at radius 2 is 0.889 bits per heavy atom. The van der Waals surface area contributed by atoms with Gasteiger partial charge in [-0.25, -0.2) is 0 Å². The van der Waals surface area contributed by atoms with Crippen molar-refractivity contribution >= 4 is 8.66 Å². The SMILES string of the molecule is F[Si-]12(Oc3ccccc3O1)Oc1ccccc1O2. The van der Waals surface area contributed by atoms with Crippen LogP contribution in [0.3, 0.4) is 0 Å². The summed E-state index contributed by atoms with van der Waals surface area (Å²) in [7, 11) is -5.34. The Bertz CT molecular complexity index is 547. The van der Waals surface area contributed by atoms with Gasteiger partial charge in [-0.3, -0.25) is 0 Å². The molecule has 0 saturated heterocycles. The van der Waals surface area contributed by atoms with E-state index in [0.29, 0.717) is 23.0 Å². The molecule has 0 radical (unpaired) electrons. The van der Waals surface area contributed by atoms with Gasteiger partial charge in [0.05, 0.1) is 0 Å². The predicted molar refractivity (Wildman–Crippen MR) is 62.3 cm³/mol. The minimum absolute atomic E-state index is 0.293. The van der Waals surface area contributed by atoms with E-state index in [1.165, 1.54) is 0 Å². The predicted octanol–water partition coefficient (Wildman–Crippen LogP) is 2.79. The van der Waals surface area contributed by atoms with E-state index < -0.39 is 8.66 Å². The van der Waals surface area contributed by atoms with Crippen LogP contribution in [-0.2, 0) is 0 Å². The number of hydrogen-bond donors (Lipinski definition) is 0. The zero-order chi connectivity index (χ0) is 12.2. The number of hydrogen-bond acceptors (Lipinski definition) is 4. The molecule has 92 valence electrons. The van der Waals surface area contributed by atoms with Gasteiger partial charge in [0.2, 0.25) is 0 Å². The van der Waals surface area contributed by atoms with Gasteiger partial charge < -0.3 is 0 Å². The van der Waals surface area contributed by atoms with Gasteiger partial charge in [0.25, 0.3) is 0 Å². The van der Waals surface area contributed by atoms with Crippen LogP contribution in [0.2, 0.25) is 0 Å². The van der Waals surface area contributed by atoms with Crippen LogP contribution in [0.5, 0.6) is 23.0 Å². The van der Waals surface area contributed by atoms with Crippen LogP contribution in [0.15, 0.2) is 48.5 Å². The van der Waals surface area contributed by atoms with Crippen molar-refractivity contribution in [2.24, 2.45) is 0 Å². The molecule has 0 saturated carbocycles. The van der Waals surface area contributed by atoms with Crippen molar-refractivity contribution in [2.75, 3.05) is 0 Å². The third-order valence-corrected chi connectivity index (χ3v) is 4.98. The molecule has 0 aromatic heterocycles. The van der Waals surface area contributed by atoms with Gasteiger partial charge in [-0.2, -0.15) is 0 Å². The summed E-state index contributed by atoms with van der Waals surface area (Å²) in [4.78, 5) is 0. The zero-order valence-electron chi connectivity index (χ0n) is 9.13. The summed E-state index contributed by atoms with van der Waals surface area (Å²) in [6, 6.07) is 13.3. The monoisotopic (exact) mass is 263 g/mol. The van der Waals surface area contributed by atoms with Crippen molar-refractivity contribution < 1.29 is 21.8 Å². The summed E-state index contributed by atoms with van der Waals surface area (Å²) in [6.07, 6.45) is 0. The minimum atomic E-state index is -5.34. The molecule has 0 N–H and O–H groups in total. The zero-order valence-corrected chi connectivity index (χ0v) is 10.1. The van der Waals surface area contributed by atoms with E-state index in [1.54, 1.807) is 48.5 Å². The molecule has 0 unspecified atom stereocenters. The summed E-state index contributed by atoms with van der Waals surface area (Å²) < 4.78 is 36.1. The molecule has 6 heteroatoms. The van der Waals surface area contributed by atoms with Gasteiger partial charge in [0.1, 0.15) is 0 Å². The first kappa shape index (κ1) is 9.78. The maximum atomic E-state index is 15.1. The molecular formula is C12H8FO4Si-. The van der Waals surface area contributed by atoms with E-state index in [2.05, 4.69) is 0 Å². The molecule has 2 aliphatic rings. The normalized spacial score (nSPS) is 22.4. The quantitative estimate of drug-likeness (QED) is 0.541. The number of halogens is 1. The van der Waals surface area contributed by atoms with Crippen molar-refractivity contribution in [3.05, 3.63) is 48.5 Å². The van der Waals surface area contributed by atoms with Crippen molar-refractivity contribution in [3.63, 3.8) is 0 Å². The number of rotatable bonds is 0. The topological polar surface area (TPSA) is 36.9 Å². The molecular weight excluding hydrogens is 255 g/mol. The van der Waals surface area contributed by atoms with Crippen molar-refractivity contribution in [3.8, 4) is 23.0 Å². The Labute approximate surface area is 103 Å². The number of benzene rings is 2. The van der Waals surface area contributed by atoms with Gasteiger partial charge in [-0.05, 0) is 0 Å². The Morgan fingerprint density at radius 1 is 0.611 bits per heavy atom. The Balaban J connectivity index is 1.80. The van der Waals surface area contributed by atoms with Gasteiger partial charge in [0, 0.05) is 0 Å². The maximum absolute atomic E-state index is 15.1. The van der Waals surface area contributed by atoms with Crippen molar-refractivity contribution in [2.45, 2.75) is 0 Å². The van der Waals surface area contributed by atoms with Gasteiger partial charge >= 0.3 is 102 Å². The van der Waals surface area contributed by atoms with E-state index in [1.807, 2.05) is 0 Å². The summed E-state index contributed by atoms with van der Waals surface area (Å²) in [5, 5.41) is 0. The van der Waals surface area contributed by atoms with Crippen LogP contribution in [0.25, 0.3) is 0 Å². The molecule has 4 nitrogen and oxygen atoms in total. The van der Waals surface area contributed by atoms with E-state index in [4.69, 9.17) is 17.7 Å². The average Bonchev–Trinajstić information content (AvgIpc) is 2.81. The first-order chi connectivity index (χ1) is 8.64. The summed E-state index contributed by atoms with van der Waals surface area (Å²) >= 11 is 0. The Kier molecular flexibility index (Phi) is 1.51. The fourth-order valence-electron chi connectivity index (χ4n) is 2.07. The van der Waals surface area contributed by atoms with E-state index >= 15 is 4.11 Å². The van der Waals surface area contributed by atoms with Crippen LogP contribution in [0.1, 0.15) is 0 Å². The summed E-state index contributed by atoms with van der Waals surface area (Å²) in [5.41, 5.74) is 0. The summed E-state index contributed by atoms with van der Waals surface area (Å²) in [6.45, 7) is 0. The standard InChI is InChI=1S/C12H8FO4Si/c13-18(14-9-5-1-2-6-10(9)15-18)16-11-7-3-4-8-12(11)17-18/h1-8H/q-1. The van der Waals surface area contributed by atoms with Gasteiger partial charge in [-0.15, -0.1) is 0 Å². The van der Waals surface area contributed by atoms with Crippen molar-refractivity contribution in [1.29, 1.82) is 0 Å². The molecule has 0 bridgehead atoms. The van der Waals surface area contributed by atoms with Crippen LogP contribution in [-0.4, -0.2) is 8.66 Å². The van der Waals surface area contributed by atoms with E-state index in [-0.39, 0.29) is 0 Å². The third-order valence-electron chi connectivity index (χ3n) is 2.79. The fraction of sp³-hybridized carbons (Fsp3) is 0. The molecule has 0 atom stereocenters. The molecule has 0 aliphatic carbocycles. The number of para-hydroxylation sites is 4. The molecule has 2 heterocycles. The molecule has 4 rings (SSSR count). The van der Waals surface area contributed by atoms with Crippen LogP contribution < -0.4 is 17.7 Å². The first-order valence-corrected chi connectivity index (χ1v) is 7.49. The van der Waals surface area contributed by atoms with E-state index in [9.17, 15) is 0 Å². The molecule has 0 fully saturated rings. The molecule has 1 spiro atoms. The second kappa shape index (κ2) is 2.78. The van der Waals surface area contributed by atoms with Crippen LogP contribution in [0.4, 0.5) is 4.11 Å². The molecule has 0 amide bonds. The molecule has 2 aromatic carbocycles. The second-order valence-corrected chi connectivity index (χ2v) is 6.54. The number of fused-ring (bicyclic) bond motifs is 2. The van der Waals surface area contributed by atoms with Gasteiger partial charge in [0.15, 0.2) is 0 Å². The van der Waals surface area contributed by atoms with Crippen LogP contribution in [0, 0.1) is 0 Å². The third kappa shape index (κ3) is 1.18. The Hall–Kier alpha value is -2.21. The molecule has 2 aromatic rings.